The van der Waals surface area contributed by atoms with Gasteiger partial charge in [-0.15, -0.1) is 0 Å². The van der Waals surface area contributed by atoms with E-state index in [1.54, 1.807) is 12.4 Å². The largest absolute Gasteiger partial charge is 0.349 e. The monoisotopic (exact) mass is 355 g/mol. The van der Waals surface area contributed by atoms with Gasteiger partial charge in [-0.2, -0.15) is 5.10 Å². The van der Waals surface area contributed by atoms with Gasteiger partial charge in [0.2, 0.25) is 0 Å². The van der Waals surface area contributed by atoms with Gasteiger partial charge in [0.05, 0.1) is 11.8 Å². The number of piperidine rings is 1. The molecule has 2 aromatic heterocycles. The highest BCUT2D eigenvalue weighted by Gasteiger charge is 2.23. The van der Waals surface area contributed by atoms with E-state index in [4.69, 9.17) is 0 Å². The highest BCUT2D eigenvalue weighted by Crippen LogP contribution is 2.17. The first-order valence-corrected chi connectivity index (χ1v) is 9.54. The topological polar surface area (TPSA) is 63.1 Å². The molecule has 1 N–H and O–H groups in total. The van der Waals surface area contributed by atoms with Gasteiger partial charge in [0, 0.05) is 49.8 Å². The Morgan fingerprint density at radius 1 is 1.35 bits per heavy atom. The summed E-state index contributed by atoms with van der Waals surface area (Å²) in [5, 5.41) is 7.60. The molecule has 1 saturated heterocycles. The van der Waals surface area contributed by atoms with Gasteiger partial charge >= 0.3 is 0 Å². The second kappa shape index (κ2) is 8.45. The Bertz CT molecular complexity index is 719. The number of likely N-dealkylation sites (tertiary alicyclic amines) is 1. The molecule has 140 valence electrons. The van der Waals surface area contributed by atoms with Crippen LogP contribution < -0.4 is 5.32 Å². The molecule has 3 heterocycles. The minimum Gasteiger partial charge on any atom is -0.349 e. The lowest BCUT2D eigenvalue weighted by atomic mass is 10.0. The summed E-state index contributed by atoms with van der Waals surface area (Å²) in [6, 6.07) is 4.63. The number of hydrogen-bond acceptors (Lipinski definition) is 4. The normalized spacial score (nSPS) is 17.2. The molecule has 1 fully saturated rings. The number of carbonyl (C=O) groups is 1. The summed E-state index contributed by atoms with van der Waals surface area (Å²) in [7, 11) is 0. The Kier molecular flexibility index (Phi) is 6.04. The van der Waals surface area contributed by atoms with Crippen LogP contribution in [0, 0.1) is 6.92 Å². The molecular formula is C20H29N5O. The van der Waals surface area contributed by atoms with Crippen LogP contribution in [0.15, 0.2) is 30.7 Å². The molecule has 6 heteroatoms. The van der Waals surface area contributed by atoms with Crippen molar-refractivity contribution in [3.63, 3.8) is 0 Å². The third kappa shape index (κ3) is 4.30. The van der Waals surface area contributed by atoms with Crippen molar-refractivity contribution in [2.75, 3.05) is 13.1 Å². The van der Waals surface area contributed by atoms with Crippen molar-refractivity contribution in [2.45, 2.75) is 58.7 Å². The number of carbonyl (C=O) groups excluding carboxylic acids is 1. The summed E-state index contributed by atoms with van der Waals surface area (Å²) in [4.78, 5) is 19.2. The van der Waals surface area contributed by atoms with E-state index in [1.165, 1.54) is 5.56 Å². The Hall–Kier alpha value is -2.21. The third-order valence-corrected chi connectivity index (χ3v) is 5.35. The van der Waals surface area contributed by atoms with Crippen molar-refractivity contribution in [1.82, 2.24) is 25.0 Å². The molecule has 0 aromatic carbocycles. The van der Waals surface area contributed by atoms with Gasteiger partial charge in [0.25, 0.3) is 5.91 Å². The van der Waals surface area contributed by atoms with Crippen LogP contribution in [0.25, 0.3) is 0 Å². The van der Waals surface area contributed by atoms with Gasteiger partial charge in [-0.05, 0) is 44.7 Å². The lowest BCUT2D eigenvalue weighted by Crippen LogP contribution is -2.44. The first-order valence-electron chi connectivity index (χ1n) is 9.54. The lowest BCUT2D eigenvalue weighted by Gasteiger charge is -2.32. The number of rotatable bonds is 6. The first-order chi connectivity index (χ1) is 12.6. The van der Waals surface area contributed by atoms with Crippen LogP contribution in [-0.4, -0.2) is 44.7 Å². The van der Waals surface area contributed by atoms with Crippen molar-refractivity contribution in [1.29, 1.82) is 0 Å². The highest BCUT2D eigenvalue weighted by atomic mass is 16.1. The number of pyridine rings is 1. The minimum absolute atomic E-state index is 0.00256. The Morgan fingerprint density at radius 2 is 2.12 bits per heavy atom. The highest BCUT2D eigenvalue weighted by molar-refractivity contribution is 5.95. The van der Waals surface area contributed by atoms with Crippen LogP contribution in [0.3, 0.4) is 0 Å². The molecule has 1 amide bonds. The summed E-state index contributed by atoms with van der Waals surface area (Å²) in [5.74, 6) is 0.00256. The average Bonchev–Trinajstić information content (AvgIpc) is 3.05. The zero-order valence-electron chi connectivity index (χ0n) is 16.0. The third-order valence-electron chi connectivity index (χ3n) is 5.35. The van der Waals surface area contributed by atoms with E-state index in [-0.39, 0.29) is 11.9 Å². The van der Waals surface area contributed by atoms with E-state index < -0.39 is 0 Å². The zero-order chi connectivity index (χ0) is 18.5. The van der Waals surface area contributed by atoms with Crippen LogP contribution in [0.2, 0.25) is 0 Å². The van der Waals surface area contributed by atoms with Gasteiger partial charge < -0.3 is 5.32 Å². The van der Waals surface area contributed by atoms with Gasteiger partial charge in [0.15, 0.2) is 0 Å². The van der Waals surface area contributed by atoms with E-state index in [0.717, 1.165) is 44.6 Å². The predicted octanol–water partition coefficient (Wildman–Crippen LogP) is 2.95. The van der Waals surface area contributed by atoms with Gasteiger partial charge in [0.1, 0.15) is 0 Å². The molecule has 0 radical (unpaired) electrons. The van der Waals surface area contributed by atoms with Gasteiger partial charge in [-0.3, -0.25) is 19.4 Å². The summed E-state index contributed by atoms with van der Waals surface area (Å²) in [6.07, 6.45) is 8.38. The molecule has 6 nitrogen and oxygen atoms in total. The molecule has 0 bridgehead atoms. The molecule has 1 aliphatic heterocycles. The van der Waals surface area contributed by atoms with E-state index in [0.29, 0.717) is 11.6 Å². The number of hydrogen-bond donors (Lipinski definition) is 1. The maximum absolute atomic E-state index is 12.6. The summed E-state index contributed by atoms with van der Waals surface area (Å²) < 4.78 is 1.95. The van der Waals surface area contributed by atoms with E-state index in [9.17, 15) is 4.79 Å². The van der Waals surface area contributed by atoms with E-state index in [1.807, 2.05) is 23.9 Å². The number of nitrogens with zero attached hydrogens (tertiary/aromatic N) is 4. The molecule has 1 aliphatic rings. The van der Waals surface area contributed by atoms with Crippen LogP contribution in [-0.2, 0) is 6.54 Å². The fourth-order valence-corrected chi connectivity index (χ4v) is 3.51. The van der Waals surface area contributed by atoms with E-state index >= 15 is 0 Å². The molecule has 0 aliphatic carbocycles. The number of nitrogens with one attached hydrogen (secondary N) is 1. The minimum atomic E-state index is 0.00256. The van der Waals surface area contributed by atoms with Crippen LogP contribution in [0.5, 0.6) is 0 Å². The quantitative estimate of drug-likeness (QED) is 0.865. The maximum atomic E-state index is 12.6. The fourth-order valence-electron chi connectivity index (χ4n) is 3.51. The number of aromatic nitrogens is 3. The molecule has 26 heavy (non-hydrogen) atoms. The molecule has 2 aromatic rings. The van der Waals surface area contributed by atoms with Crippen LogP contribution in [0.1, 0.15) is 60.8 Å². The second-order valence-corrected chi connectivity index (χ2v) is 7.23. The SMILES string of the molecule is CCC(C)n1ncc(C(=O)NC2CCN(Cc3cccnc3)CC2)c1C. The molecule has 0 saturated carbocycles. The Balaban J connectivity index is 1.51. The predicted molar refractivity (Wildman–Crippen MR) is 102 cm³/mol. The lowest BCUT2D eigenvalue weighted by molar-refractivity contribution is 0.0908. The Morgan fingerprint density at radius 3 is 2.77 bits per heavy atom. The van der Waals surface area contributed by atoms with Crippen molar-refractivity contribution in [3.8, 4) is 0 Å². The van der Waals surface area contributed by atoms with Crippen molar-refractivity contribution in [3.05, 3.63) is 47.5 Å². The molecule has 3 rings (SSSR count). The zero-order valence-corrected chi connectivity index (χ0v) is 16.0. The molecule has 1 atom stereocenters. The molecule has 1 unspecified atom stereocenters. The van der Waals surface area contributed by atoms with Crippen molar-refractivity contribution in [2.24, 2.45) is 0 Å². The standard InChI is InChI=1S/C20H29N5O/c1-4-15(2)25-16(3)19(13-22-25)20(26)23-18-7-10-24(11-8-18)14-17-6-5-9-21-12-17/h5-6,9,12-13,15,18H,4,7-8,10-11,14H2,1-3H3,(H,23,26). The number of amides is 1. The van der Waals surface area contributed by atoms with E-state index in [2.05, 4.69) is 40.2 Å². The van der Waals surface area contributed by atoms with Crippen LogP contribution in [0.4, 0.5) is 0 Å². The van der Waals surface area contributed by atoms with Crippen molar-refractivity contribution < 1.29 is 4.79 Å². The van der Waals surface area contributed by atoms with Gasteiger partial charge in [-0.1, -0.05) is 13.0 Å². The second-order valence-electron chi connectivity index (χ2n) is 7.23. The van der Waals surface area contributed by atoms with Crippen molar-refractivity contribution >= 4 is 5.91 Å². The smallest absolute Gasteiger partial charge is 0.254 e. The fraction of sp³-hybridized carbons (Fsp3) is 0.550. The molecular weight excluding hydrogens is 326 g/mol. The summed E-state index contributed by atoms with van der Waals surface area (Å²) >= 11 is 0. The Labute approximate surface area is 155 Å². The average molecular weight is 355 g/mol. The summed E-state index contributed by atoms with van der Waals surface area (Å²) in [5.41, 5.74) is 2.89. The maximum Gasteiger partial charge on any atom is 0.254 e. The first kappa shape index (κ1) is 18.6. The summed E-state index contributed by atoms with van der Waals surface area (Å²) in [6.45, 7) is 9.14. The molecule has 0 spiro atoms. The van der Waals surface area contributed by atoms with Gasteiger partial charge in [-0.25, -0.2) is 0 Å². The van der Waals surface area contributed by atoms with Crippen LogP contribution >= 0.6 is 0 Å².